The van der Waals surface area contributed by atoms with E-state index in [-0.39, 0.29) is 0 Å². The number of hydrogen-bond acceptors (Lipinski definition) is 5. The number of hydrogen-bond donors (Lipinski definition) is 1. The average molecular weight is 309 g/mol. The molecule has 0 spiro atoms. The van der Waals surface area contributed by atoms with Crippen molar-refractivity contribution in [2.24, 2.45) is 11.8 Å². The van der Waals surface area contributed by atoms with E-state index in [0.29, 0.717) is 0 Å². The Morgan fingerprint density at radius 2 is 2.19 bits per heavy atom. The van der Waals surface area contributed by atoms with E-state index in [0.717, 1.165) is 31.5 Å². The first-order chi connectivity index (χ1) is 10.4. The molecule has 0 amide bonds. The van der Waals surface area contributed by atoms with Crippen LogP contribution in [0, 0.1) is 11.8 Å². The molecule has 118 valence electrons. The second-order valence-corrected chi connectivity index (χ2v) is 7.41. The maximum atomic E-state index is 5.05. The van der Waals surface area contributed by atoms with Gasteiger partial charge < -0.3 is 15.0 Å². The zero-order valence-corrected chi connectivity index (χ0v) is 13.8. The highest BCUT2D eigenvalue weighted by Gasteiger charge is 2.31. The van der Waals surface area contributed by atoms with E-state index in [2.05, 4.69) is 15.2 Å². The van der Waals surface area contributed by atoms with Crippen molar-refractivity contribution in [1.82, 2.24) is 10.3 Å². The molecule has 1 N–H and O–H groups in total. The minimum absolute atomic E-state index is 0.765. The third kappa shape index (κ3) is 3.96. The van der Waals surface area contributed by atoms with Gasteiger partial charge in [0.25, 0.3) is 0 Å². The molecule has 2 aliphatic rings. The highest BCUT2D eigenvalue weighted by atomic mass is 32.1. The van der Waals surface area contributed by atoms with Gasteiger partial charge in [-0.1, -0.05) is 19.3 Å². The molecule has 2 fully saturated rings. The van der Waals surface area contributed by atoms with Gasteiger partial charge in [-0.2, -0.15) is 0 Å². The van der Waals surface area contributed by atoms with Crippen molar-refractivity contribution in [3.05, 3.63) is 11.1 Å². The molecule has 0 radical (unpaired) electrons. The van der Waals surface area contributed by atoms with Gasteiger partial charge in [0.2, 0.25) is 0 Å². The molecular formula is C16H27N3OS. The fraction of sp³-hybridized carbons (Fsp3) is 0.812. The predicted octanol–water partition coefficient (Wildman–Crippen LogP) is 2.90. The molecule has 0 bridgehead atoms. The van der Waals surface area contributed by atoms with Crippen molar-refractivity contribution in [2.75, 3.05) is 38.3 Å². The van der Waals surface area contributed by atoms with Crippen molar-refractivity contribution >= 4 is 16.5 Å². The van der Waals surface area contributed by atoms with E-state index in [4.69, 9.17) is 4.74 Å². The van der Waals surface area contributed by atoms with Gasteiger partial charge in [-0.3, -0.25) is 0 Å². The number of aromatic nitrogens is 1. The van der Waals surface area contributed by atoms with Gasteiger partial charge in [-0.15, -0.1) is 11.3 Å². The number of fused-ring (bicyclic) bond motifs is 1. The SMILES string of the molecule is COCCNCc1cnc(N2CCC3CCCCC3C2)s1. The number of ether oxygens (including phenoxy) is 1. The van der Waals surface area contributed by atoms with Gasteiger partial charge in [0.05, 0.1) is 6.61 Å². The Kier molecular flexibility index (Phi) is 5.49. The summed E-state index contributed by atoms with van der Waals surface area (Å²) in [7, 11) is 1.74. The summed E-state index contributed by atoms with van der Waals surface area (Å²) in [4.78, 5) is 8.50. The van der Waals surface area contributed by atoms with Crippen LogP contribution in [0.4, 0.5) is 5.13 Å². The van der Waals surface area contributed by atoms with Crippen molar-refractivity contribution < 1.29 is 4.74 Å². The first-order valence-corrected chi connectivity index (χ1v) is 9.08. The first-order valence-electron chi connectivity index (χ1n) is 8.26. The van der Waals surface area contributed by atoms with E-state index in [1.54, 1.807) is 7.11 Å². The molecule has 2 atom stereocenters. The third-order valence-electron chi connectivity index (χ3n) is 4.89. The Morgan fingerprint density at radius 3 is 3.05 bits per heavy atom. The zero-order valence-electron chi connectivity index (χ0n) is 13.0. The summed E-state index contributed by atoms with van der Waals surface area (Å²) in [6, 6.07) is 0. The summed E-state index contributed by atoms with van der Waals surface area (Å²) in [5.41, 5.74) is 0. The van der Waals surface area contributed by atoms with Crippen LogP contribution in [0.1, 0.15) is 37.0 Å². The summed E-state index contributed by atoms with van der Waals surface area (Å²) >= 11 is 1.85. The topological polar surface area (TPSA) is 37.4 Å². The fourth-order valence-electron chi connectivity index (χ4n) is 3.69. The molecule has 2 unspecified atom stereocenters. The van der Waals surface area contributed by atoms with E-state index in [1.807, 2.05) is 17.5 Å². The van der Waals surface area contributed by atoms with Gasteiger partial charge in [-0.05, 0) is 24.7 Å². The summed E-state index contributed by atoms with van der Waals surface area (Å²) < 4.78 is 5.05. The minimum Gasteiger partial charge on any atom is -0.383 e. The van der Waals surface area contributed by atoms with Crippen LogP contribution in [0.2, 0.25) is 0 Å². The second-order valence-electron chi connectivity index (χ2n) is 6.32. The standard InChI is InChI=1S/C16H27N3OS/c1-20-9-7-17-10-15-11-18-16(21-15)19-8-6-13-4-2-3-5-14(13)12-19/h11,13-14,17H,2-10,12H2,1H3. The lowest BCUT2D eigenvalue weighted by atomic mass is 9.75. The maximum Gasteiger partial charge on any atom is 0.185 e. The van der Waals surface area contributed by atoms with E-state index < -0.39 is 0 Å². The molecule has 1 aromatic heterocycles. The molecule has 0 aromatic carbocycles. The summed E-state index contributed by atoms with van der Waals surface area (Å²) in [5, 5.41) is 4.62. The molecule has 5 heteroatoms. The van der Waals surface area contributed by atoms with Crippen LogP contribution in [-0.2, 0) is 11.3 Å². The number of piperidine rings is 1. The molecule has 21 heavy (non-hydrogen) atoms. The average Bonchev–Trinajstić information content (AvgIpc) is 3.00. The monoisotopic (exact) mass is 309 g/mol. The highest BCUT2D eigenvalue weighted by molar-refractivity contribution is 7.15. The number of rotatable bonds is 6. The van der Waals surface area contributed by atoms with E-state index >= 15 is 0 Å². The van der Waals surface area contributed by atoms with Crippen LogP contribution >= 0.6 is 11.3 Å². The van der Waals surface area contributed by atoms with E-state index in [9.17, 15) is 0 Å². The van der Waals surface area contributed by atoms with Crippen LogP contribution in [0.5, 0.6) is 0 Å². The highest BCUT2D eigenvalue weighted by Crippen LogP contribution is 2.38. The summed E-state index contributed by atoms with van der Waals surface area (Å²) in [5.74, 6) is 1.91. The normalized spacial score (nSPS) is 25.9. The predicted molar refractivity (Wildman–Crippen MR) is 88.0 cm³/mol. The summed E-state index contributed by atoms with van der Waals surface area (Å²) in [6.07, 6.45) is 9.18. The Hall–Kier alpha value is -0.650. The molecular weight excluding hydrogens is 282 g/mol. The van der Waals surface area contributed by atoms with Gasteiger partial charge in [0, 0.05) is 44.4 Å². The Bertz CT molecular complexity index is 437. The minimum atomic E-state index is 0.765. The Morgan fingerprint density at radius 1 is 1.33 bits per heavy atom. The fourth-order valence-corrected chi connectivity index (χ4v) is 4.60. The number of thiazole rings is 1. The Balaban J connectivity index is 1.51. The number of nitrogens with one attached hydrogen (secondary N) is 1. The van der Waals surface area contributed by atoms with Crippen molar-refractivity contribution in [2.45, 2.75) is 38.6 Å². The number of nitrogens with zero attached hydrogens (tertiary/aromatic N) is 2. The third-order valence-corrected chi connectivity index (χ3v) is 5.94. The van der Waals surface area contributed by atoms with Gasteiger partial charge >= 0.3 is 0 Å². The van der Waals surface area contributed by atoms with Crippen molar-refractivity contribution in [1.29, 1.82) is 0 Å². The van der Waals surface area contributed by atoms with Crippen LogP contribution in [0.25, 0.3) is 0 Å². The lowest BCUT2D eigenvalue weighted by molar-refractivity contribution is 0.199. The second kappa shape index (κ2) is 7.56. The number of methoxy groups -OCH3 is 1. The molecule has 1 saturated heterocycles. The summed E-state index contributed by atoms with van der Waals surface area (Å²) in [6.45, 7) is 5.00. The van der Waals surface area contributed by atoms with Crippen LogP contribution in [-0.4, -0.2) is 38.3 Å². The van der Waals surface area contributed by atoms with Gasteiger partial charge in [0.15, 0.2) is 5.13 Å². The van der Waals surface area contributed by atoms with Crippen molar-refractivity contribution in [3.63, 3.8) is 0 Å². The molecule has 1 saturated carbocycles. The molecule has 1 aliphatic carbocycles. The quantitative estimate of drug-likeness (QED) is 0.820. The zero-order chi connectivity index (χ0) is 14.5. The first kappa shape index (κ1) is 15.3. The smallest absolute Gasteiger partial charge is 0.185 e. The molecule has 4 nitrogen and oxygen atoms in total. The molecule has 1 aromatic rings. The van der Waals surface area contributed by atoms with Gasteiger partial charge in [-0.25, -0.2) is 4.98 Å². The van der Waals surface area contributed by atoms with Crippen LogP contribution in [0.15, 0.2) is 6.20 Å². The van der Waals surface area contributed by atoms with E-state index in [1.165, 1.54) is 55.2 Å². The van der Waals surface area contributed by atoms with Crippen LogP contribution in [0.3, 0.4) is 0 Å². The maximum absolute atomic E-state index is 5.05. The lowest BCUT2D eigenvalue weighted by Gasteiger charge is -2.41. The number of anilines is 1. The molecule has 1 aliphatic heterocycles. The Labute approximate surface area is 131 Å². The van der Waals surface area contributed by atoms with Crippen LogP contribution < -0.4 is 10.2 Å². The largest absolute Gasteiger partial charge is 0.383 e. The molecule has 2 heterocycles. The van der Waals surface area contributed by atoms with Crippen molar-refractivity contribution in [3.8, 4) is 0 Å². The van der Waals surface area contributed by atoms with Gasteiger partial charge in [0.1, 0.15) is 0 Å². The lowest BCUT2D eigenvalue weighted by Crippen LogP contribution is -2.41. The molecule has 3 rings (SSSR count).